The maximum Gasteiger partial charge on any atom is 0.161 e. The summed E-state index contributed by atoms with van der Waals surface area (Å²) >= 11 is 0. The van der Waals surface area contributed by atoms with Crippen LogP contribution in [0.1, 0.15) is 36.3 Å². The monoisotopic (exact) mass is 356 g/mol. The number of nitrogens with two attached hydrogens (primary N) is 1. The van der Waals surface area contributed by atoms with E-state index in [1.165, 1.54) is 0 Å². The summed E-state index contributed by atoms with van der Waals surface area (Å²) in [5.41, 5.74) is 11.3. The summed E-state index contributed by atoms with van der Waals surface area (Å²) in [5.74, 6) is 0.0287. The van der Waals surface area contributed by atoms with Gasteiger partial charge >= 0.3 is 0 Å². The average molecular weight is 356 g/mol. The first-order valence-corrected chi connectivity index (χ1v) is 9.04. The molecule has 0 radical (unpaired) electrons. The molecule has 1 unspecified atom stereocenters. The van der Waals surface area contributed by atoms with Gasteiger partial charge in [-0.2, -0.15) is 5.26 Å². The van der Waals surface area contributed by atoms with Gasteiger partial charge in [0.25, 0.3) is 0 Å². The molecule has 1 aliphatic carbocycles. The van der Waals surface area contributed by atoms with Crippen molar-refractivity contribution < 1.29 is 4.79 Å². The predicted octanol–water partition coefficient (Wildman–Crippen LogP) is 3.69. The zero-order valence-corrected chi connectivity index (χ0v) is 15.1. The normalized spacial score (nSPS) is 19.8. The number of carbonyl (C=O) groups is 1. The van der Waals surface area contributed by atoms with E-state index in [2.05, 4.69) is 11.1 Å². The zero-order chi connectivity index (χ0) is 19.0. The average Bonchev–Trinajstić information content (AvgIpc) is 2.68. The quantitative estimate of drug-likeness (QED) is 0.887. The van der Waals surface area contributed by atoms with Crippen molar-refractivity contribution in [2.75, 3.05) is 4.90 Å². The van der Waals surface area contributed by atoms with Crippen molar-refractivity contribution in [2.24, 2.45) is 5.73 Å². The highest BCUT2D eigenvalue weighted by molar-refractivity contribution is 6.01. The molecule has 1 aliphatic heterocycles. The minimum Gasteiger partial charge on any atom is -0.384 e. The van der Waals surface area contributed by atoms with Gasteiger partial charge in [-0.15, -0.1) is 0 Å². The number of anilines is 1. The molecule has 1 aromatic carbocycles. The zero-order valence-electron chi connectivity index (χ0n) is 15.1. The Hall–Kier alpha value is -3.39. The summed E-state index contributed by atoms with van der Waals surface area (Å²) in [5, 5.41) is 9.92. The lowest BCUT2D eigenvalue weighted by atomic mass is 9.76. The van der Waals surface area contributed by atoms with Gasteiger partial charge < -0.3 is 5.73 Å². The molecule has 5 heteroatoms. The van der Waals surface area contributed by atoms with Gasteiger partial charge in [-0.1, -0.05) is 18.2 Å². The fourth-order valence-electron chi connectivity index (χ4n) is 4.03. The van der Waals surface area contributed by atoms with E-state index >= 15 is 0 Å². The van der Waals surface area contributed by atoms with Crippen LogP contribution in [0.2, 0.25) is 0 Å². The van der Waals surface area contributed by atoms with Crippen LogP contribution in [0, 0.1) is 18.3 Å². The molecule has 4 rings (SSSR count). The Kier molecular flexibility index (Phi) is 4.25. The first-order valence-electron chi connectivity index (χ1n) is 9.04. The van der Waals surface area contributed by atoms with Gasteiger partial charge in [0.05, 0.1) is 17.6 Å². The maximum atomic E-state index is 12.9. The number of rotatable bonds is 2. The molecule has 134 valence electrons. The number of nitriles is 1. The number of nitrogens with zero attached hydrogens (tertiary/aromatic N) is 3. The molecular weight excluding hydrogens is 336 g/mol. The lowest BCUT2D eigenvalue weighted by Crippen LogP contribution is -2.38. The van der Waals surface area contributed by atoms with Crippen LogP contribution in [0.5, 0.6) is 0 Å². The topological polar surface area (TPSA) is 83.0 Å². The Morgan fingerprint density at radius 1 is 1.26 bits per heavy atom. The fourth-order valence-corrected chi connectivity index (χ4v) is 4.03. The highest BCUT2D eigenvalue weighted by Gasteiger charge is 2.40. The second kappa shape index (κ2) is 6.73. The van der Waals surface area contributed by atoms with Crippen molar-refractivity contribution in [2.45, 2.75) is 32.1 Å². The summed E-state index contributed by atoms with van der Waals surface area (Å²) in [6.07, 6.45) is 5.43. The van der Waals surface area contributed by atoms with E-state index in [1.807, 2.05) is 48.2 Å². The molecule has 0 amide bonds. The largest absolute Gasteiger partial charge is 0.384 e. The third-order valence-electron chi connectivity index (χ3n) is 5.19. The van der Waals surface area contributed by atoms with E-state index in [0.717, 1.165) is 35.4 Å². The number of ketones is 1. The first-order chi connectivity index (χ1) is 13.1. The summed E-state index contributed by atoms with van der Waals surface area (Å²) < 4.78 is 0. The molecule has 0 spiro atoms. The van der Waals surface area contributed by atoms with Gasteiger partial charge in [0.1, 0.15) is 5.82 Å². The molecule has 2 N–H and O–H groups in total. The Morgan fingerprint density at radius 3 is 2.81 bits per heavy atom. The van der Waals surface area contributed by atoms with Crippen molar-refractivity contribution >= 4 is 11.5 Å². The number of carbonyl (C=O) groups excluding carboxylic acids is 1. The van der Waals surface area contributed by atoms with Gasteiger partial charge in [-0.05, 0) is 49.1 Å². The van der Waals surface area contributed by atoms with Gasteiger partial charge in [0, 0.05) is 35.8 Å². The van der Waals surface area contributed by atoms with E-state index in [0.29, 0.717) is 23.4 Å². The summed E-state index contributed by atoms with van der Waals surface area (Å²) in [6, 6.07) is 13.9. The van der Waals surface area contributed by atoms with Gasteiger partial charge in [-0.3, -0.25) is 14.7 Å². The molecule has 0 saturated carbocycles. The Morgan fingerprint density at radius 2 is 2.11 bits per heavy atom. The van der Waals surface area contributed by atoms with Crippen molar-refractivity contribution in [3.05, 3.63) is 82.6 Å². The number of Topliss-reactive ketones (excluding diaryl/α,β-unsaturated/α-hetero) is 1. The summed E-state index contributed by atoms with van der Waals surface area (Å²) in [6.45, 7) is 2.01. The molecule has 0 fully saturated rings. The van der Waals surface area contributed by atoms with Crippen molar-refractivity contribution in [3.8, 4) is 6.07 Å². The number of benzene rings is 1. The maximum absolute atomic E-state index is 12.9. The standard InChI is InChI=1S/C22H20N4O/c1-14-5-2-7-16(11-14)26-18-8-3-9-19(27)21(18)20(17(12-23)22(26)24)15-6-4-10-25-13-15/h2,4-7,10-11,13,20H,3,8-9,24H2,1H3. The lowest BCUT2D eigenvalue weighted by Gasteiger charge is -2.39. The number of pyridine rings is 1. The SMILES string of the molecule is Cc1cccc(N2C(N)=C(C#N)C(c3cccnc3)C3=C2CCCC3=O)c1. The number of aryl methyl sites for hydroxylation is 1. The molecular formula is C22H20N4O. The Labute approximate surface area is 158 Å². The second-order valence-corrected chi connectivity index (χ2v) is 6.94. The molecule has 2 heterocycles. The number of hydrogen-bond donors (Lipinski definition) is 1. The van der Waals surface area contributed by atoms with E-state index < -0.39 is 5.92 Å². The van der Waals surface area contributed by atoms with Crippen LogP contribution < -0.4 is 10.6 Å². The van der Waals surface area contributed by atoms with Crippen molar-refractivity contribution in [3.63, 3.8) is 0 Å². The van der Waals surface area contributed by atoms with Crippen molar-refractivity contribution in [1.82, 2.24) is 4.98 Å². The highest BCUT2D eigenvalue weighted by atomic mass is 16.1. The van der Waals surface area contributed by atoms with Crippen LogP contribution in [-0.2, 0) is 4.79 Å². The smallest absolute Gasteiger partial charge is 0.161 e. The van der Waals surface area contributed by atoms with Crippen LogP contribution in [0.3, 0.4) is 0 Å². The third kappa shape index (κ3) is 2.80. The number of aromatic nitrogens is 1. The molecule has 0 bridgehead atoms. The van der Waals surface area contributed by atoms with E-state index in [4.69, 9.17) is 5.73 Å². The minimum absolute atomic E-state index is 0.0861. The van der Waals surface area contributed by atoms with Crippen LogP contribution in [0.25, 0.3) is 0 Å². The van der Waals surface area contributed by atoms with Crippen LogP contribution in [-0.4, -0.2) is 10.8 Å². The lowest BCUT2D eigenvalue weighted by molar-refractivity contribution is -0.116. The van der Waals surface area contributed by atoms with Crippen molar-refractivity contribution in [1.29, 1.82) is 5.26 Å². The second-order valence-electron chi connectivity index (χ2n) is 6.94. The van der Waals surface area contributed by atoms with E-state index in [-0.39, 0.29) is 5.78 Å². The van der Waals surface area contributed by atoms with Gasteiger partial charge in [-0.25, -0.2) is 0 Å². The molecule has 2 aliphatic rings. The summed E-state index contributed by atoms with van der Waals surface area (Å²) in [4.78, 5) is 19.0. The van der Waals surface area contributed by atoms with Gasteiger partial charge in [0.2, 0.25) is 0 Å². The molecule has 5 nitrogen and oxygen atoms in total. The van der Waals surface area contributed by atoms with E-state index in [9.17, 15) is 10.1 Å². The van der Waals surface area contributed by atoms with Gasteiger partial charge in [0.15, 0.2) is 5.78 Å². The number of allylic oxidation sites excluding steroid dienone is 3. The Balaban J connectivity index is 1.98. The third-order valence-corrected chi connectivity index (χ3v) is 5.19. The molecule has 1 aromatic heterocycles. The van der Waals surface area contributed by atoms with Crippen LogP contribution >= 0.6 is 0 Å². The fraction of sp³-hybridized carbons (Fsp3) is 0.227. The molecule has 2 aromatic rings. The Bertz CT molecular complexity index is 1010. The minimum atomic E-state index is -0.451. The summed E-state index contributed by atoms with van der Waals surface area (Å²) in [7, 11) is 0. The van der Waals surface area contributed by atoms with E-state index in [1.54, 1.807) is 12.4 Å². The van der Waals surface area contributed by atoms with Crippen LogP contribution in [0.4, 0.5) is 5.69 Å². The first kappa shape index (κ1) is 17.0. The van der Waals surface area contributed by atoms with Crippen LogP contribution in [0.15, 0.2) is 71.5 Å². The predicted molar refractivity (Wildman–Crippen MR) is 103 cm³/mol. The molecule has 27 heavy (non-hydrogen) atoms. The molecule has 1 atom stereocenters. The number of hydrogen-bond acceptors (Lipinski definition) is 5. The molecule has 0 saturated heterocycles. The highest BCUT2D eigenvalue weighted by Crippen LogP contribution is 2.46.